The molecule has 8 heteroatoms. The standard InChI is InChI=1S/C18H24N4O4/c1-24-15-5-3-14(4-6-15)18-19-16(26-20-18)13-22-11-9-21(10-12-22)8-7-17(23)25-2/h3-6H,7-13H2,1-2H3. The van der Waals surface area contributed by atoms with E-state index < -0.39 is 0 Å². The number of hydrogen-bond acceptors (Lipinski definition) is 8. The SMILES string of the molecule is COC(=O)CCN1CCN(Cc2nc(-c3ccc(OC)cc3)no2)CC1. The highest BCUT2D eigenvalue weighted by molar-refractivity contribution is 5.69. The quantitative estimate of drug-likeness (QED) is 0.686. The Bertz CT molecular complexity index is 708. The highest BCUT2D eigenvalue weighted by atomic mass is 16.5. The summed E-state index contributed by atoms with van der Waals surface area (Å²) < 4.78 is 15.2. The molecule has 1 aromatic carbocycles. The van der Waals surface area contributed by atoms with Gasteiger partial charge in [-0.15, -0.1) is 0 Å². The van der Waals surface area contributed by atoms with Gasteiger partial charge in [-0.3, -0.25) is 9.69 Å². The van der Waals surface area contributed by atoms with Gasteiger partial charge in [-0.05, 0) is 24.3 Å². The average Bonchev–Trinajstić information content (AvgIpc) is 3.15. The third kappa shape index (κ3) is 4.80. The summed E-state index contributed by atoms with van der Waals surface area (Å²) in [5.41, 5.74) is 0.897. The third-order valence-electron chi connectivity index (χ3n) is 4.50. The number of hydrogen-bond donors (Lipinski definition) is 0. The molecule has 0 amide bonds. The average molecular weight is 360 g/mol. The van der Waals surface area contributed by atoms with Crippen LogP contribution in [0.2, 0.25) is 0 Å². The minimum Gasteiger partial charge on any atom is -0.497 e. The molecule has 1 aliphatic heterocycles. The van der Waals surface area contributed by atoms with Gasteiger partial charge < -0.3 is 18.9 Å². The van der Waals surface area contributed by atoms with Crippen LogP contribution in [0.3, 0.4) is 0 Å². The van der Waals surface area contributed by atoms with Crippen LogP contribution in [0.15, 0.2) is 28.8 Å². The smallest absolute Gasteiger partial charge is 0.306 e. The number of ether oxygens (including phenoxy) is 2. The zero-order valence-corrected chi connectivity index (χ0v) is 15.2. The number of methoxy groups -OCH3 is 2. The molecule has 0 unspecified atom stereocenters. The summed E-state index contributed by atoms with van der Waals surface area (Å²) in [6.45, 7) is 5.01. The second kappa shape index (κ2) is 8.77. The summed E-state index contributed by atoms with van der Waals surface area (Å²) in [4.78, 5) is 20.3. The molecular weight excluding hydrogens is 336 g/mol. The molecule has 1 saturated heterocycles. The van der Waals surface area contributed by atoms with Gasteiger partial charge in [-0.25, -0.2) is 0 Å². The summed E-state index contributed by atoms with van der Waals surface area (Å²) in [7, 11) is 3.06. The van der Waals surface area contributed by atoms with Gasteiger partial charge in [0.15, 0.2) is 0 Å². The lowest BCUT2D eigenvalue weighted by molar-refractivity contribution is -0.141. The third-order valence-corrected chi connectivity index (χ3v) is 4.50. The highest BCUT2D eigenvalue weighted by Crippen LogP contribution is 2.20. The van der Waals surface area contributed by atoms with Crippen LogP contribution in [0.25, 0.3) is 11.4 Å². The van der Waals surface area contributed by atoms with E-state index in [1.165, 1.54) is 7.11 Å². The summed E-state index contributed by atoms with van der Waals surface area (Å²) in [6.07, 6.45) is 0.436. The van der Waals surface area contributed by atoms with Crippen molar-refractivity contribution >= 4 is 5.97 Å². The van der Waals surface area contributed by atoms with Crippen LogP contribution in [-0.2, 0) is 16.1 Å². The molecule has 0 radical (unpaired) electrons. The zero-order chi connectivity index (χ0) is 18.4. The van der Waals surface area contributed by atoms with Crippen molar-refractivity contribution in [2.45, 2.75) is 13.0 Å². The largest absolute Gasteiger partial charge is 0.497 e. The fourth-order valence-corrected chi connectivity index (χ4v) is 2.89. The van der Waals surface area contributed by atoms with Crippen molar-refractivity contribution in [2.24, 2.45) is 0 Å². The maximum atomic E-state index is 11.2. The predicted molar refractivity (Wildman–Crippen MR) is 94.6 cm³/mol. The van der Waals surface area contributed by atoms with E-state index >= 15 is 0 Å². The normalized spacial score (nSPS) is 15.8. The lowest BCUT2D eigenvalue weighted by atomic mass is 10.2. The van der Waals surface area contributed by atoms with Gasteiger partial charge in [0.1, 0.15) is 5.75 Å². The van der Waals surface area contributed by atoms with Crippen molar-refractivity contribution in [3.05, 3.63) is 30.2 Å². The van der Waals surface area contributed by atoms with Crippen LogP contribution < -0.4 is 4.74 Å². The number of aromatic nitrogens is 2. The van der Waals surface area contributed by atoms with Crippen molar-refractivity contribution in [1.82, 2.24) is 19.9 Å². The number of carbonyl (C=O) groups excluding carboxylic acids is 1. The Labute approximate surface area is 152 Å². The van der Waals surface area contributed by atoms with E-state index in [4.69, 9.17) is 9.26 Å². The predicted octanol–water partition coefficient (Wildman–Crippen LogP) is 1.43. The molecule has 0 N–H and O–H groups in total. The summed E-state index contributed by atoms with van der Waals surface area (Å²) >= 11 is 0. The molecule has 0 atom stereocenters. The highest BCUT2D eigenvalue weighted by Gasteiger charge is 2.20. The van der Waals surface area contributed by atoms with Crippen LogP contribution in [0.4, 0.5) is 0 Å². The Balaban J connectivity index is 1.48. The second-order valence-corrected chi connectivity index (χ2v) is 6.18. The Kier molecular flexibility index (Phi) is 6.19. The monoisotopic (exact) mass is 360 g/mol. The first-order chi connectivity index (χ1) is 12.7. The summed E-state index contributed by atoms with van der Waals surface area (Å²) in [5.74, 6) is 1.82. The zero-order valence-electron chi connectivity index (χ0n) is 15.2. The van der Waals surface area contributed by atoms with Gasteiger partial charge in [-0.2, -0.15) is 4.98 Å². The van der Waals surface area contributed by atoms with Gasteiger partial charge in [0.25, 0.3) is 0 Å². The molecule has 0 aliphatic carbocycles. The fraction of sp³-hybridized carbons (Fsp3) is 0.500. The first-order valence-electron chi connectivity index (χ1n) is 8.66. The van der Waals surface area contributed by atoms with Crippen molar-refractivity contribution < 1.29 is 18.8 Å². The molecule has 0 spiro atoms. The number of rotatable bonds is 7. The van der Waals surface area contributed by atoms with E-state index in [1.54, 1.807) is 7.11 Å². The van der Waals surface area contributed by atoms with Crippen LogP contribution in [-0.4, -0.2) is 72.9 Å². The second-order valence-electron chi connectivity index (χ2n) is 6.18. The van der Waals surface area contributed by atoms with Crippen LogP contribution in [0, 0.1) is 0 Å². The molecule has 140 valence electrons. The first kappa shape index (κ1) is 18.3. The lowest BCUT2D eigenvalue weighted by Gasteiger charge is -2.33. The number of nitrogens with zero attached hydrogens (tertiary/aromatic N) is 4. The molecule has 1 fully saturated rings. The molecular formula is C18H24N4O4. The fourth-order valence-electron chi connectivity index (χ4n) is 2.89. The number of esters is 1. The van der Waals surface area contributed by atoms with Gasteiger partial charge in [0.2, 0.25) is 11.7 Å². The number of carbonyl (C=O) groups is 1. The Morgan fingerprint density at radius 3 is 2.46 bits per heavy atom. The van der Waals surface area contributed by atoms with E-state index in [-0.39, 0.29) is 5.97 Å². The lowest BCUT2D eigenvalue weighted by Crippen LogP contribution is -2.46. The molecule has 2 aromatic rings. The molecule has 1 aliphatic rings. The van der Waals surface area contributed by atoms with Crippen molar-refractivity contribution in [1.29, 1.82) is 0 Å². The van der Waals surface area contributed by atoms with Gasteiger partial charge >= 0.3 is 5.97 Å². The number of benzene rings is 1. The van der Waals surface area contributed by atoms with Crippen LogP contribution in [0.5, 0.6) is 5.75 Å². The number of piperazine rings is 1. The maximum Gasteiger partial charge on any atom is 0.306 e. The van der Waals surface area contributed by atoms with Gasteiger partial charge in [0, 0.05) is 38.3 Å². The molecule has 8 nitrogen and oxygen atoms in total. The summed E-state index contributed by atoms with van der Waals surface area (Å²) in [5, 5.41) is 4.07. The topological polar surface area (TPSA) is 80.9 Å². The Morgan fingerprint density at radius 1 is 1.12 bits per heavy atom. The van der Waals surface area contributed by atoms with E-state index in [2.05, 4.69) is 24.7 Å². The molecule has 0 bridgehead atoms. The Morgan fingerprint density at radius 2 is 1.81 bits per heavy atom. The first-order valence-corrected chi connectivity index (χ1v) is 8.66. The molecule has 26 heavy (non-hydrogen) atoms. The van der Waals surface area contributed by atoms with Gasteiger partial charge in [-0.1, -0.05) is 5.16 Å². The van der Waals surface area contributed by atoms with E-state index in [0.29, 0.717) is 24.7 Å². The molecule has 2 heterocycles. The summed E-state index contributed by atoms with van der Waals surface area (Å²) in [6, 6.07) is 7.57. The van der Waals surface area contributed by atoms with Gasteiger partial charge in [0.05, 0.1) is 27.2 Å². The van der Waals surface area contributed by atoms with Crippen molar-refractivity contribution in [3.8, 4) is 17.1 Å². The molecule has 3 rings (SSSR count). The van der Waals surface area contributed by atoms with Crippen LogP contribution in [0.1, 0.15) is 12.3 Å². The van der Waals surface area contributed by atoms with Crippen LogP contribution >= 0.6 is 0 Å². The Hall–Kier alpha value is -2.45. The van der Waals surface area contributed by atoms with Crippen molar-refractivity contribution in [2.75, 3.05) is 46.9 Å². The maximum absolute atomic E-state index is 11.2. The minimum atomic E-state index is -0.163. The van der Waals surface area contributed by atoms with E-state index in [0.717, 1.165) is 44.0 Å². The van der Waals surface area contributed by atoms with Crippen molar-refractivity contribution in [3.63, 3.8) is 0 Å². The minimum absolute atomic E-state index is 0.163. The molecule has 0 saturated carbocycles. The molecule has 1 aromatic heterocycles. The van der Waals surface area contributed by atoms with E-state index in [1.807, 2.05) is 24.3 Å². The van der Waals surface area contributed by atoms with E-state index in [9.17, 15) is 4.79 Å².